The van der Waals surface area contributed by atoms with Crippen molar-refractivity contribution < 1.29 is 22.8 Å². The number of nitrogens with zero attached hydrogens (tertiary/aromatic N) is 4. The zero-order chi connectivity index (χ0) is 23.3. The molecule has 0 aliphatic carbocycles. The molecule has 0 bridgehead atoms. The van der Waals surface area contributed by atoms with E-state index in [9.17, 15) is 18.5 Å². The number of benzene rings is 1. The summed E-state index contributed by atoms with van der Waals surface area (Å²) in [4.78, 5) is 10.4. The van der Waals surface area contributed by atoms with E-state index in [4.69, 9.17) is 9.47 Å². The third-order valence-corrected chi connectivity index (χ3v) is 7.22. The standard InChI is InChI=1S/C20H27N5O6S/c1-15-12-17(16(2)24(15)8-9-30-3)14-21-22-19-5-4-18(25(26)27)13-20(19)32(28,29)23-6-10-31-11-7-23/h4-5,12-14,22H,6-11H2,1-3H3. The summed E-state index contributed by atoms with van der Waals surface area (Å²) in [5.74, 6) is 0. The molecule has 1 aliphatic rings. The lowest BCUT2D eigenvalue weighted by molar-refractivity contribution is -0.385. The number of non-ortho nitro benzene ring substituents is 1. The first-order valence-corrected chi connectivity index (χ1v) is 11.5. The number of ether oxygens (including phenoxy) is 2. The Hall–Kier alpha value is -2.80. The number of nitro groups is 1. The number of nitro benzene ring substituents is 1. The van der Waals surface area contributed by atoms with Gasteiger partial charge in [-0.05, 0) is 26.0 Å². The summed E-state index contributed by atoms with van der Waals surface area (Å²) in [5, 5.41) is 15.4. The van der Waals surface area contributed by atoms with Gasteiger partial charge in [-0.15, -0.1) is 0 Å². The lowest BCUT2D eigenvalue weighted by Gasteiger charge is -2.26. The van der Waals surface area contributed by atoms with Gasteiger partial charge in [0.25, 0.3) is 5.69 Å². The predicted molar refractivity (Wildman–Crippen MR) is 120 cm³/mol. The van der Waals surface area contributed by atoms with Gasteiger partial charge in [-0.2, -0.15) is 9.41 Å². The van der Waals surface area contributed by atoms with Crippen LogP contribution in [-0.4, -0.2) is 68.4 Å². The highest BCUT2D eigenvalue weighted by molar-refractivity contribution is 7.89. The number of sulfonamides is 1. The number of aromatic nitrogens is 1. The van der Waals surface area contributed by atoms with Crippen molar-refractivity contribution in [3.63, 3.8) is 0 Å². The highest BCUT2D eigenvalue weighted by atomic mass is 32.2. The maximum absolute atomic E-state index is 13.2. The summed E-state index contributed by atoms with van der Waals surface area (Å²) >= 11 is 0. The molecule has 2 heterocycles. The zero-order valence-corrected chi connectivity index (χ0v) is 19.1. The fraction of sp³-hybridized carbons (Fsp3) is 0.450. The molecule has 3 rings (SSSR count). The smallest absolute Gasteiger partial charge is 0.270 e. The van der Waals surface area contributed by atoms with E-state index < -0.39 is 14.9 Å². The molecule has 0 radical (unpaired) electrons. The highest BCUT2D eigenvalue weighted by Gasteiger charge is 2.30. The Morgan fingerprint density at radius 2 is 2.00 bits per heavy atom. The van der Waals surface area contributed by atoms with Crippen LogP contribution in [0.5, 0.6) is 0 Å². The van der Waals surface area contributed by atoms with E-state index in [0.717, 1.165) is 23.0 Å². The van der Waals surface area contributed by atoms with Gasteiger partial charge in [0.2, 0.25) is 10.0 Å². The fourth-order valence-electron chi connectivity index (χ4n) is 3.51. The molecule has 174 valence electrons. The molecule has 0 spiro atoms. The van der Waals surface area contributed by atoms with Gasteiger partial charge in [-0.25, -0.2) is 8.42 Å². The Morgan fingerprint density at radius 1 is 1.28 bits per heavy atom. The van der Waals surface area contributed by atoms with Crippen LogP contribution in [0.2, 0.25) is 0 Å². The molecule has 11 nitrogen and oxygen atoms in total. The second-order valence-corrected chi connectivity index (χ2v) is 9.20. The molecule has 32 heavy (non-hydrogen) atoms. The van der Waals surface area contributed by atoms with Gasteiger partial charge in [0.05, 0.1) is 36.6 Å². The van der Waals surface area contributed by atoms with E-state index in [1.54, 1.807) is 13.3 Å². The first-order chi connectivity index (χ1) is 15.3. The minimum atomic E-state index is -3.97. The van der Waals surface area contributed by atoms with E-state index in [0.29, 0.717) is 13.2 Å². The second kappa shape index (κ2) is 10.2. The first kappa shape index (κ1) is 23.9. The number of morpholine rings is 1. The molecule has 0 amide bonds. The van der Waals surface area contributed by atoms with E-state index in [1.807, 2.05) is 19.9 Å². The van der Waals surface area contributed by atoms with Crippen LogP contribution in [0.15, 0.2) is 34.3 Å². The molecular formula is C20H27N5O6S. The Labute approximate surface area is 186 Å². The summed E-state index contributed by atoms with van der Waals surface area (Å²) < 4.78 is 40.0. The normalized spacial score (nSPS) is 15.3. The van der Waals surface area contributed by atoms with Gasteiger partial charge in [0, 0.05) is 55.8 Å². The molecule has 1 fully saturated rings. The number of anilines is 1. The first-order valence-electron chi connectivity index (χ1n) is 10.1. The average molecular weight is 466 g/mol. The summed E-state index contributed by atoms with van der Waals surface area (Å²) in [6.45, 7) is 6.14. The highest BCUT2D eigenvalue weighted by Crippen LogP contribution is 2.29. The minimum absolute atomic E-state index is 0.159. The quantitative estimate of drug-likeness (QED) is 0.341. The Morgan fingerprint density at radius 3 is 2.66 bits per heavy atom. The van der Waals surface area contributed by atoms with E-state index in [2.05, 4.69) is 15.1 Å². The fourth-order valence-corrected chi connectivity index (χ4v) is 5.08. The van der Waals surface area contributed by atoms with Gasteiger partial charge < -0.3 is 14.0 Å². The SMILES string of the molecule is COCCn1c(C)cc(C=NNc2ccc([N+](=O)[O-])cc2S(=O)(=O)N2CCOCC2)c1C. The molecular weight excluding hydrogens is 438 g/mol. The van der Waals surface area contributed by atoms with Gasteiger partial charge in [0.1, 0.15) is 4.90 Å². The molecule has 0 atom stereocenters. The molecule has 0 unspecified atom stereocenters. The van der Waals surface area contributed by atoms with Crippen molar-refractivity contribution in [3.05, 3.63) is 51.3 Å². The predicted octanol–water partition coefficient (Wildman–Crippen LogP) is 2.13. The summed E-state index contributed by atoms with van der Waals surface area (Å²) in [6.07, 6.45) is 1.60. The van der Waals surface area contributed by atoms with Crippen LogP contribution < -0.4 is 5.43 Å². The number of hydrazone groups is 1. The maximum Gasteiger partial charge on any atom is 0.270 e. The van der Waals surface area contributed by atoms with Crippen molar-refractivity contribution in [2.75, 3.05) is 45.4 Å². The minimum Gasteiger partial charge on any atom is -0.383 e. The van der Waals surface area contributed by atoms with Crippen LogP contribution in [0, 0.1) is 24.0 Å². The lowest BCUT2D eigenvalue weighted by atomic mass is 10.2. The van der Waals surface area contributed by atoms with Crippen LogP contribution in [0.25, 0.3) is 0 Å². The molecule has 1 N–H and O–H groups in total. The van der Waals surface area contributed by atoms with Gasteiger partial charge in [-0.1, -0.05) is 0 Å². The third kappa shape index (κ3) is 5.15. The van der Waals surface area contributed by atoms with Crippen molar-refractivity contribution in [3.8, 4) is 0 Å². The zero-order valence-electron chi connectivity index (χ0n) is 18.3. The van der Waals surface area contributed by atoms with Gasteiger partial charge in [-0.3, -0.25) is 15.5 Å². The molecule has 0 saturated carbocycles. The third-order valence-electron chi connectivity index (χ3n) is 5.28. The van der Waals surface area contributed by atoms with Crippen molar-refractivity contribution in [2.24, 2.45) is 5.10 Å². The van der Waals surface area contributed by atoms with Crippen molar-refractivity contribution in [1.82, 2.24) is 8.87 Å². The van der Waals surface area contributed by atoms with Crippen molar-refractivity contribution in [1.29, 1.82) is 0 Å². The Bertz CT molecular complexity index is 1110. The summed E-state index contributed by atoms with van der Waals surface area (Å²) in [7, 11) is -2.32. The van der Waals surface area contributed by atoms with Crippen LogP contribution in [0.3, 0.4) is 0 Å². The monoisotopic (exact) mass is 465 g/mol. The number of nitrogens with one attached hydrogen (secondary N) is 1. The van der Waals surface area contributed by atoms with Crippen LogP contribution in [0.1, 0.15) is 17.0 Å². The lowest BCUT2D eigenvalue weighted by Crippen LogP contribution is -2.40. The van der Waals surface area contributed by atoms with Gasteiger partial charge >= 0.3 is 0 Å². The molecule has 1 saturated heterocycles. The second-order valence-electron chi connectivity index (χ2n) is 7.29. The molecule has 1 aliphatic heterocycles. The van der Waals surface area contributed by atoms with Crippen molar-refractivity contribution in [2.45, 2.75) is 25.3 Å². The topological polar surface area (TPSA) is 128 Å². The number of methoxy groups -OCH3 is 1. The van der Waals surface area contributed by atoms with Crippen LogP contribution >= 0.6 is 0 Å². The molecule has 1 aromatic carbocycles. The van der Waals surface area contributed by atoms with E-state index >= 15 is 0 Å². The Kier molecular flexibility index (Phi) is 7.61. The molecule has 12 heteroatoms. The summed E-state index contributed by atoms with van der Waals surface area (Å²) in [5.41, 5.74) is 5.50. The largest absolute Gasteiger partial charge is 0.383 e. The number of hydrogen-bond donors (Lipinski definition) is 1. The van der Waals surface area contributed by atoms with E-state index in [-0.39, 0.29) is 42.6 Å². The van der Waals surface area contributed by atoms with Crippen molar-refractivity contribution >= 4 is 27.6 Å². The summed E-state index contributed by atoms with van der Waals surface area (Å²) in [6, 6.07) is 5.62. The molecule has 1 aromatic heterocycles. The molecule has 2 aromatic rings. The number of aryl methyl sites for hydroxylation is 1. The van der Waals surface area contributed by atoms with E-state index in [1.165, 1.54) is 16.4 Å². The Balaban J connectivity index is 1.89. The number of rotatable bonds is 9. The number of hydrogen-bond acceptors (Lipinski definition) is 8. The van der Waals surface area contributed by atoms with Crippen LogP contribution in [-0.2, 0) is 26.0 Å². The van der Waals surface area contributed by atoms with Crippen LogP contribution in [0.4, 0.5) is 11.4 Å². The maximum atomic E-state index is 13.2. The van der Waals surface area contributed by atoms with Gasteiger partial charge in [0.15, 0.2) is 0 Å². The average Bonchev–Trinajstić information content (AvgIpc) is 3.05.